The second-order valence-corrected chi connectivity index (χ2v) is 4.59. The molecule has 0 aliphatic rings. The van der Waals surface area contributed by atoms with Gasteiger partial charge in [-0.3, -0.25) is 0 Å². The van der Waals surface area contributed by atoms with Crippen LogP contribution in [0.2, 0.25) is 0 Å². The van der Waals surface area contributed by atoms with E-state index in [1.165, 1.54) is 0 Å². The molecule has 12 heavy (non-hydrogen) atoms. The molecule has 4 heteroatoms. The van der Waals surface area contributed by atoms with Crippen molar-refractivity contribution in [3.63, 3.8) is 0 Å². The van der Waals surface area contributed by atoms with Gasteiger partial charge in [0.15, 0.2) is 0 Å². The monoisotopic (exact) mass is 230 g/mol. The maximum atomic E-state index is 10.0. The maximum absolute atomic E-state index is 10.0. The molecule has 0 fully saturated rings. The quantitative estimate of drug-likeness (QED) is 0.723. The first-order chi connectivity index (χ1) is 5.29. The molecule has 0 spiro atoms. The molecule has 1 unspecified atom stereocenters. The molecule has 0 rings (SSSR count). The van der Waals surface area contributed by atoms with Gasteiger partial charge in [-0.05, 0) is 5.41 Å². The molecule has 0 heterocycles. The van der Waals surface area contributed by atoms with Crippen molar-refractivity contribution in [3.05, 3.63) is 10.6 Å². The third kappa shape index (κ3) is 2.29. The first-order valence-electron chi connectivity index (χ1n) is 3.54. The topological polar surface area (TPSA) is 20.2 Å². The lowest BCUT2D eigenvalue weighted by Gasteiger charge is -2.38. The highest BCUT2D eigenvalue weighted by Crippen LogP contribution is 2.39. The minimum Gasteiger partial charge on any atom is -0.382 e. The molecule has 0 saturated heterocycles. The zero-order chi connectivity index (χ0) is 9.99. The van der Waals surface area contributed by atoms with E-state index in [1.807, 2.05) is 20.8 Å². The van der Waals surface area contributed by atoms with Crippen molar-refractivity contribution in [2.45, 2.75) is 26.4 Å². The lowest BCUT2D eigenvalue weighted by atomic mass is 9.77. The highest BCUT2D eigenvalue weighted by Gasteiger charge is 2.42. The minimum absolute atomic E-state index is 0.0263. The van der Waals surface area contributed by atoms with Crippen LogP contribution >= 0.6 is 34.8 Å². The molecule has 72 valence electrons. The first-order valence-corrected chi connectivity index (χ1v) is 4.89. The Morgan fingerprint density at radius 1 is 1.42 bits per heavy atom. The van der Waals surface area contributed by atoms with Crippen LogP contribution in [0.5, 0.6) is 0 Å². The molecule has 0 aromatic carbocycles. The summed E-state index contributed by atoms with van der Waals surface area (Å²) in [6, 6.07) is 0. The summed E-state index contributed by atoms with van der Waals surface area (Å²) in [5, 5.41) is 10.2. The molecular formula is C8H13Cl3O. The fraction of sp³-hybridized carbons (Fsp3) is 0.750. The van der Waals surface area contributed by atoms with Crippen LogP contribution in [0.3, 0.4) is 0 Å². The summed E-state index contributed by atoms with van der Waals surface area (Å²) >= 11 is 16.8. The van der Waals surface area contributed by atoms with E-state index in [0.29, 0.717) is 0 Å². The van der Waals surface area contributed by atoms with Crippen LogP contribution in [-0.2, 0) is 0 Å². The average molecular weight is 232 g/mol. The Hall–Kier alpha value is 0.570. The molecule has 0 bridgehead atoms. The Kier molecular flexibility index (Phi) is 4.39. The van der Waals surface area contributed by atoms with Crippen LogP contribution in [0, 0.1) is 5.41 Å². The molecule has 1 N–H and O–H groups in total. The van der Waals surface area contributed by atoms with Crippen LogP contribution < -0.4 is 0 Å². The fourth-order valence-electron chi connectivity index (χ4n) is 0.713. The van der Waals surface area contributed by atoms with E-state index in [2.05, 4.69) is 0 Å². The van der Waals surface area contributed by atoms with Gasteiger partial charge >= 0.3 is 0 Å². The van der Waals surface area contributed by atoms with Crippen molar-refractivity contribution in [1.82, 2.24) is 0 Å². The third-order valence-electron chi connectivity index (χ3n) is 1.93. The Labute approximate surface area is 88.3 Å². The zero-order valence-electron chi connectivity index (χ0n) is 7.37. The van der Waals surface area contributed by atoms with Crippen LogP contribution in [-0.4, -0.2) is 16.6 Å². The van der Waals surface area contributed by atoms with Gasteiger partial charge in [-0.15, -0.1) is 11.6 Å². The number of hydrogen-bond acceptors (Lipinski definition) is 1. The van der Waals surface area contributed by atoms with Crippen LogP contribution in [0.4, 0.5) is 0 Å². The van der Waals surface area contributed by atoms with E-state index in [0.717, 1.165) is 5.54 Å². The van der Waals surface area contributed by atoms with Gasteiger partial charge in [0.1, 0.15) is 5.60 Å². The highest BCUT2D eigenvalue weighted by atomic mass is 35.5. The molecule has 0 aromatic rings. The second kappa shape index (κ2) is 4.19. The van der Waals surface area contributed by atoms with Crippen molar-refractivity contribution in [2.24, 2.45) is 5.41 Å². The highest BCUT2D eigenvalue weighted by molar-refractivity contribution is 6.37. The zero-order valence-corrected chi connectivity index (χ0v) is 9.63. The Morgan fingerprint density at radius 2 is 1.83 bits per heavy atom. The predicted molar refractivity (Wildman–Crippen MR) is 54.9 cm³/mol. The second-order valence-electron chi connectivity index (χ2n) is 3.70. The lowest BCUT2D eigenvalue weighted by Crippen LogP contribution is -2.45. The molecule has 0 aliphatic carbocycles. The molecule has 0 saturated carbocycles. The molecule has 1 atom stereocenters. The lowest BCUT2D eigenvalue weighted by molar-refractivity contribution is 0.00278. The molecule has 0 aliphatic heterocycles. The van der Waals surface area contributed by atoms with Crippen molar-refractivity contribution in [2.75, 3.05) is 5.88 Å². The summed E-state index contributed by atoms with van der Waals surface area (Å²) in [5.41, 5.74) is -0.537. The third-order valence-corrected chi connectivity index (χ3v) is 3.06. The minimum atomic E-state index is -1.25. The summed E-state index contributed by atoms with van der Waals surface area (Å²) in [5.74, 6) is 0.0263. The van der Waals surface area contributed by atoms with Gasteiger partial charge in [-0.25, -0.2) is 0 Å². The van der Waals surface area contributed by atoms with Gasteiger partial charge in [0.2, 0.25) is 0 Å². The van der Waals surface area contributed by atoms with Crippen molar-refractivity contribution < 1.29 is 5.11 Å². The van der Waals surface area contributed by atoms with Crippen LogP contribution in [0.15, 0.2) is 10.6 Å². The normalized spacial score (nSPS) is 19.1. The van der Waals surface area contributed by atoms with E-state index in [4.69, 9.17) is 34.8 Å². The SMILES string of the molecule is CC(C)(C)C(O)(CCl)C(Cl)=CCl. The number of rotatable bonds is 2. The van der Waals surface area contributed by atoms with Crippen molar-refractivity contribution >= 4 is 34.8 Å². The molecule has 1 nitrogen and oxygen atoms in total. The number of aliphatic hydroxyl groups is 1. The van der Waals surface area contributed by atoms with E-state index in [-0.39, 0.29) is 10.9 Å². The summed E-state index contributed by atoms with van der Waals surface area (Å²) in [6.07, 6.45) is 0. The Balaban J connectivity index is 4.94. The van der Waals surface area contributed by atoms with Crippen LogP contribution in [0.1, 0.15) is 20.8 Å². The molecule has 0 amide bonds. The standard InChI is InChI=1S/C8H13Cl3O/c1-7(2,3)8(12,5-10)6(11)4-9/h4,12H,5H2,1-3H3. The number of hydrogen-bond donors (Lipinski definition) is 1. The Morgan fingerprint density at radius 3 is 1.92 bits per heavy atom. The number of alkyl halides is 1. The van der Waals surface area contributed by atoms with Gasteiger partial charge in [0.05, 0.1) is 10.9 Å². The van der Waals surface area contributed by atoms with Gasteiger partial charge in [-0.2, -0.15) is 0 Å². The summed E-state index contributed by atoms with van der Waals surface area (Å²) in [7, 11) is 0. The molecule has 0 aromatic heterocycles. The average Bonchev–Trinajstić information content (AvgIpc) is 1.99. The maximum Gasteiger partial charge on any atom is 0.119 e. The van der Waals surface area contributed by atoms with Crippen molar-refractivity contribution in [3.8, 4) is 0 Å². The smallest absolute Gasteiger partial charge is 0.119 e. The first kappa shape index (κ1) is 12.6. The van der Waals surface area contributed by atoms with E-state index in [9.17, 15) is 5.11 Å². The van der Waals surface area contributed by atoms with Crippen molar-refractivity contribution in [1.29, 1.82) is 0 Å². The molecule has 0 radical (unpaired) electrons. The number of halogens is 3. The predicted octanol–water partition coefficient (Wildman–Crippen LogP) is 3.32. The summed E-state index contributed by atoms with van der Waals surface area (Å²) < 4.78 is 0. The van der Waals surface area contributed by atoms with Crippen LogP contribution in [0.25, 0.3) is 0 Å². The van der Waals surface area contributed by atoms with Gasteiger partial charge < -0.3 is 5.11 Å². The van der Waals surface area contributed by atoms with E-state index in [1.54, 1.807) is 0 Å². The Bertz CT molecular complexity index is 183. The van der Waals surface area contributed by atoms with E-state index < -0.39 is 11.0 Å². The van der Waals surface area contributed by atoms with Gasteiger partial charge in [0, 0.05) is 5.54 Å². The summed E-state index contributed by atoms with van der Waals surface area (Å²) in [6.45, 7) is 5.54. The van der Waals surface area contributed by atoms with Gasteiger partial charge in [-0.1, -0.05) is 44.0 Å². The fourth-order valence-corrected chi connectivity index (χ4v) is 1.86. The van der Waals surface area contributed by atoms with E-state index >= 15 is 0 Å². The summed E-state index contributed by atoms with van der Waals surface area (Å²) in [4.78, 5) is 0. The van der Waals surface area contributed by atoms with Gasteiger partial charge in [0.25, 0.3) is 0 Å². The molecular weight excluding hydrogens is 218 g/mol. The largest absolute Gasteiger partial charge is 0.382 e.